The van der Waals surface area contributed by atoms with Crippen LogP contribution in [0.3, 0.4) is 0 Å². The molecule has 1 aromatic heterocycles. The maximum absolute atomic E-state index is 12.0. The van der Waals surface area contributed by atoms with Gasteiger partial charge in [-0.1, -0.05) is 0 Å². The minimum absolute atomic E-state index is 0.108. The van der Waals surface area contributed by atoms with E-state index in [4.69, 9.17) is 9.84 Å². The van der Waals surface area contributed by atoms with Crippen LogP contribution in [0.2, 0.25) is 0 Å². The van der Waals surface area contributed by atoms with Gasteiger partial charge in [0, 0.05) is 12.6 Å². The fourth-order valence-corrected chi connectivity index (χ4v) is 2.59. The summed E-state index contributed by atoms with van der Waals surface area (Å²) in [6.45, 7) is 2.86. The van der Waals surface area contributed by atoms with Crippen molar-refractivity contribution in [3.05, 3.63) is 21.0 Å². The molecule has 0 spiro atoms. The van der Waals surface area contributed by atoms with Crippen LogP contribution in [0.1, 0.15) is 19.8 Å². The van der Waals surface area contributed by atoms with Gasteiger partial charge < -0.3 is 15.2 Å². The van der Waals surface area contributed by atoms with Crippen molar-refractivity contribution in [2.45, 2.75) is 38.5 Å². The summed E-state index contributed by atoms with van der Waals surface area (Å²) in [5.74, 6) is 0. The lowest BCUT2D eigenvalue weighted by atomic mass is 10.0. The average molecular weight is 332 g/mol. The van der Waals surface area contributed by atoms with Crippen molar-refractivity contribution in [1.29, 1.82) is 0 Å². The highest BCUT2D eigenvalue weighted by Gasteiger charge is 2.20. The fraction of sp³-hybridized carbons (Fsp3) is 0.667. The van der Waals surface area contributed by atoms with Crippen molar-refractivity contribution < 1.29 is 9.84 Å². The molecule has 1 aromatic rings. The standard InChI is InChI=1S/C12H18BrN3O3/c1-8-6-9(2-5-19-8)15-10-7-14-16(3-4-17)12(18)11(10)13/h7-9,15,17H,2-6H2,1H3. The number of hydrogen-bond acceptors (Lipinski definition) is 5. The Kier molecular flexibility index (Phi) is 4.95. The molecule has 2 rings (SSSR count). The van der Waals surface area contributed by atoms with Gasteiger partial charge in [0.2, 0.25) is 0 Å². The van der Waals surface area contributed by atoms with Crippen LogP contribution in [0.4, 0.5) is 5.69 Å². The van der Waals surface area contributed by atoms with Gasteiger partial charge in [0.15, 0.2) is 0 Å². The number of halogens is 1. The number of nitrogens with one attached hydrogen (secondary N) is 1. The second-order valence-corrected chi connectivity index (χ2v) is 5.46. The predicted molar refractivity (Wildman–Crippen MR) is 75.3 cm³/mol. The molecule has 0 aliphatic carbocycles. The van der Waals surface area contributed by atoms with E-state index in [1.165, 1.54) is 4.68 Å². The maximum atomic E-state index is 12.0. The summed E-state index contributed by atoms with van der Waals surface area (Å²) < 4.78 is 7.18. The number of aliphatic hydroxyl groups excluding tert-OH is 1. The van der Waals surface area contributed by atoms with Crippen LogP contribution in [0.5, 0.6) is 0 Å². The van der Waals surface area contributed by atoms with Crippen molar-refractivity contribution in [3.8, 4) is 0 Å². The summed E-state index contributed by atoms with van der Waals surface area (Å²) in [6.07, 6.45) is 3.66. The van der Waals surface area contributed by atoms with E-state index in [1.54, 1.807) is 6.20 Å². The molecule has 6 nitrogen and oxygen atoms in total. The average Bonchev–Trinajstić information content (AvgIpc) is 2.39. The van der Waals surface area contributed by atoms with E-state index >= 15 is 0 Å². The monoisotopic (exact) mass is 331 g/mol. The summed E-state index contributed by atoms with van der Waals surface area (Å²) in [4.78, 5) is 12.0. The van der Waals surface area contributed by atoms with Crippen molar-refractivity contribution in [2.24, 2.45) is 0 Å². The van der Waals surface area contributed by atoms with Crippen LogP contribution in [-0.4, -0.2) is 40.2 Å². The lowest BCUT2D eigenvalue weighted by Gasteiger charge is -2.28. The van der Waals surface area contributed by atoms with Gasteiger partial charge in [-0.15, -0.1) is 0 Å². The summed E-state index contributed by atoms with van der Waals surface area (Å²) in [7, 11) is 0. The van der Waals surface area contributed by atoms with Crippen LogP contribution in [-0.2, 0) is 11.3 Å². The summed E-state index contributed by atoms with van der Waals surface area (Å²) in [5.41, 5.74) is 0.456. The minimum Gasteiger partial charge on any atom is -0.394 e. The Morgan fingerprint density at radius 3 is 3.16 bits per heavy atom. The summed E-state index contributed by atoms with van der Waals surface area (Å²) >= 11 is 3.29. The highest BCUT2D eigenvalue weighted by Crippen LogP contribution is 2.22. The second kappa shape index (κ2) is 6.49. The zero-order chi connectivity index (χ0) is 13.8. The first-order valence-electron chi connectivity index (χ1n) is 6.36. The molecule has 2 N–H and O–H groups in total. The molecule has 2 unspecified atom stereocenters. The fourth-order valence-electron chi connectivity index (χ4n) is 2.17. The van der Waals surface area contributed by atoms with Crippen molar-refractivity contribution in [3.63, 3.8) is 0 Å². The van der Waals surface area contributed by atoms with Crippen LogP contribution >= 0.6 is 15.9 Å². The Labute approximate surface area is 119 Å². The van der Waals surface area contributed by atoms with E-state index in [1.807, 2.05) is 6.92 Å². The molecular weight excluding hydrogens is 314 g/mol. The number of rotatable bonds is 4. The van der Waals surface area contributed by atoms with Gasteiger partial charge in [0.1, 0.15) is 4.47 Å². The zero-order valence-electron chi connectivity index (χ0n) is 10.8. The molecule has 106 valence electrons. The number of nitrogens with zero attached hydrogens (tertiary/aromatic N) is 2. The first-order chi connectivity index (χ1) is 9.11. The van der Waals surface area contributed by atoms with Crippen molar-refractivity contribution in [1.82, 2.24) is 9.78 Å². The summed E-state index contributed by atoms with van der Waals surface area (Å²) in [6, 6.07) is 0.287. The largest absolute Gasteiger partial charge is 0.394 e. The Hall–Kier alpha value is -0.920. The number of aliphatic hydroxyl groups is 1. The first kappa shape index (κ1) is 14.5. The van der Waals surface area contributed by atoms with E-state index in [2.05, 4.69) is 26.3 Å². The van der Waals surface area contributed by atoms with E-state index in [9.17, 15) is 4.79 Å². The van der Waals surface area contributed by atoms with Gasteiger partial charge in [-0.3, -0.25) is 4.79 Å². The van der Waals surface area contributed by atoms with Gasteiger partial charge in [0.25, 0.3) is 5.56 Å². The maximum Gasteiger partial charge on any atom is 0.283 e. The van der Waals surface area contributed by atoms with E-state index in [0.29, 0.717) is 10.2 Å². The lowest BCUT2D eigenvalue weighted by Crippen LogP contribution is -2.34. The SMILES string of the molecule is CC1CC(Nc2cnn(CCO)c(=O)c2Br)CCO1. The van der Waals surface area contributed by atoms with Gasteiger partial charge >= 0.3 is 0 Å². The number of ether oxygens (including phenoxy) is 1. The molecule has 0 bridgehead atoms. The molecule has 0 amide bonds. The molecule has 1 saturated heterocycles. The third-order valence-electron chi connectivity index (χ3n) is 3.14. The third-order valence-corrected chi connectivity index (χ3v) is 3.91. The number of aromatic nitrogens is 2. The normalized spacial score (nSPS) is 23.3. The highest BCUT2D eigenvalue weighted by atomic mass is 79.9. The molecule has 1 fully saturated rings. The molecule has 0 aromatic carbocycles. The van der Waals surface area contributed by atoms with Gasteiger partial charge in [-0.05, 0) is 35.7 Å². The third kappa shape index (κ3) is 3.55. The van der Waals surface area contributed by atoms with E-state index in [-0.39, 0.29) is 30.9 Å². The molecule has 0 radical (unpaired) electrons. The lowest BCUT2D eigenvalue weighted by molar-refractivity contribution is 0.0232. The van der Waals surface area contributed by atoms with E-state index in [0.717, 1.165) is 19.4 Å². The summed E-state index contributed by atoms with van der Waals surface area (Å²) in [5, 5.41) is 16.2. The molecule has 2 heterocycles. The molecule has 2 atom stereocenters. The Bertz CT molecular complexity index is 492. The van der Waals surface area contributed by atoms with Crippen LogP contribution in [0.25, 0.3) is 0 Å². The van der Waals surface area contributed by atoms with Gasteiger partial charge in [-0.25, -0.2) is 4.68 Å². The van der Waals surface area contributed by atoms with Gasteiger partial charge in [0.05, 0.1) is 31.1 Å². The molecule has 1 aliphatic rings. The first-order valence-corrected chi connectivity index (χ1v) is 7.15. The van der Waals surface area contributed by atoms with Crippen LogP contribution in [0, 0.1) is 0 Å². The van der Waals surface area contributed by atoms with Gasteiger partial charge in [-0.2, -0.15) is 5.10 Å². The molecular formula is C12H18BrN3O3. The van der Waals surface area contributed by atoms with E-state index < -0.39 is 0 Å². The Morgan fingerprint density at radius 1 is 1.68 bits per heavy atom. The number of hydrogen-bond donors (Lipinski definition) is 2. The topological polar surface area (TPSA) is 76.4 Å². The highest BCUT2D eigenvalue weighted by molar-refractivity contribution is 9.10. The van der Waals surface area contributed by atoms with Crippen molar-refractivity contribution in [2.75, 3.05) is 18.5 Å². The molecule has 0 saturated carbocycles. The second-order valence-electron chi connectivity index (χ2n) is 4.67. The smallest absolute Gasteiger partial charge is 0.283 e. The van der Waals surface area contributed by atoms with Crippen LogP contribution in [0.15, 0.2) is 15.5 Å². The van der Waals surface area contributed by atoms with Crippen LogP contribution < -0.4 is 10.9 Å². The molecule has 19 heavy (non-hydrogen) atoms. The minimum atomic E-state index is -0.237. The Balaban J connectivity index is 2.12. The Morgan fingerprint density at radius 2 is 2.47 bits per heavy atom. The quantitative estimate of drug-likeness (QED) is 0.860. The molecule has 1 aliphatic heterocycles. The van der Waals surface area contributed by atoms with Crippen molar-refractivity contribution >= 4 is 21.6 Å². The molecule has 7 heteroatoms. The predicted octanol–water partition coefficient (Wildman–Crippen LogP) is 0.977. The number of anilines is 1. The zero-order valence-corrected chi connectivity index (χ0v) is 12.4.